The van der Waals surface area contributed by atoms with Crippen molar-refractivity contribution in [3.63, 3.8) is 0 Å². The van der Waals surface area contributed by atoms with E-state index in [1.54, 1.807) is 19.1 Å². The monoisotopic (exact) mass is 505 g/mol. The van der Waals surface area contributed by atoms with E-state index in [2.05, 4.69) is 25.7 Å². The maximum atomic E-state index is 13.2. The van der Waals surface area contributed by atoms with Crippen LogP contribution in [-0.4, -0.2) is 35.4 Å². The molecule has 0 amide bonds. The molecule has 0 radical (unpaired) electrons. The summed E-state index contributed by atoms with van der Waals surface area (Å²) < 4.78 is 47.4. The van der Waals surface area contributed by atoms with Crippen molar-refractivity contribution in [1.82, 2.24) is 4.98 Å². The Morgan fingerprint density at radius 1 is 1.30 bits per heavy atom. The second kappa shape index (κ2) is 8.87. The highest BCUT2D eigenvalue weighted by atomic mass is 79.9. The standard InChI is InChI=1S/C20H16BrClF3NO4/c1-10-6-12(30-20(23,24)25)8-14-15(9-26-18(10)14)19(28)17(21)13-3-2-11(22)7-16(13)29-5-4-27/h2-3,6-9,17,26-27H,4-5H2,1H3. The van der Waals surface area contributed by atoms with E-state index in [0.717, 1.165) is 0 Å². The molecule has 1 unspecified atom stereocenters. The van der Waals surface area contributed by atoms with Gasteiger partial charge < -0.3 is 19.6 Å². The fraction of sp³-hybridized carbons (Fsp3) is 0.250. The topological polar surface area (TPSA) is 71.6 Å². The summed E-state index contributed by atoms with van der Waals surface area (Å²) in [6, 6.07) is 7.11. The van der Waals surface area contributed by atoms with Gasteiger partial charge in [0.05, 0.1) is 6.61 Å². The Bertz CT molecular complexity index is 1080. The smallest absolute Gasteiger partial charge is 0.491 e. The number of ketones is 1. The molecule has 0 saturated carbocycles. The summed E-state index contributed by atoms with van der Waals surface area (Å²) in [6.45, 7) is 1.39. The minimum Gasteiger partial charge on any atom is -0.491 e. The number of carbonyl (C=O) groups is 1. The Labute approximate surface area is 182 Å². The van der Waals surface area contributed by atoms with Crippen molar-refractivity contribution in [3.8, 4) is 11.5 Å². The van der Waals surface area contributed by atoms with E-state index in [1.807, 2.05) is 0 Å². The molecule has 1 atom stereocenters. The molecular formula is C20H16BrClF3NO4. The van der Waals surface area contributed by atoms with Gasteiger partial charge in [0.25, 0.3) is 0 Å². The average Bonchev–Trinajstić information content (AvgIpc) is 3.08. The van der Waals surface area contributed by atoms with Crippen LogP contribution in [0, 0.1) is 6.92 Å². The number of hydrogen-bond donors (Lipinski definition) is 2. The molecule has 3 aromatic rings. The molecule has 10 heteroatoms. The fourth-order valence-corrected chi connectivity index (χ4v) is 3.84. The van der Waals surface area contributed by atoms with Crippen LogP contribution in [0.5, 0.6) is 11.5 Å². The number of H-pyrrole nitrogens is 1. The first kappa shape index (κ1) is 22.5. The highest BCUT2D eigenvalue weighted by Gasteiger charge is 2.32. The van der Waals surface area contributed by atoms with Crippen LogP contribution in [0.2, 0.25) is 5.02 Å². The predicted molar refractivity (Wildman–Crippen MR) is 110 cm³/mol. The quantitative estimate of drug-likeness (QED) is 0.318. The number of fused-ring (bicyclic) bond motifs is 1. The first-order valence-corrected chi connectivity index (χ1v) is 9.99. The minimum atomic E-state index is -4.85. The number of carbonyl (C=O) groups excluding carboxylic acids is 1. The van der Waals surface area contributed by atoms with Gasteiger partial charge in [0, 0.05) is 33.2 Å². The number of aliphatic hydroxyl groups is 1. The Balaban J connectivity index is 2.01. The Morgan fingerprint density at radius 3 is 2.70 bits per heavy atom. The highest BCUT2D eigenvalue weighted by molar-refractivity contribution is 9.09. The largest absolute Gasteiger partial charge is 0.573 e. The second-order valence-corrected chi connectivity index (χ2v) is 7.75. The number of aryl methyl sites for hydroxylation is 1. The van der Waals surface area contributed by atoms with Gasteiger partial charge in [0.15, 0.2) is 5.78 Å². The van der Waals surface area contributed by atoms with Gasteiger partial charge in [-0.3, -0.25) is 4.79 Å². The number of ether oxygens (including phenoxy) is 2. The summed E-state index contributed by atoms with van der Waals surface area (Å²) in [5.41, 5.74) is 1.67. The lowest BCUT2D eigenvalue weighted by atomic mass is 10.0. The molecule has 2 N–H and O–H groups in total. The number of halogens is 5. The van der Waals surface area contributed by atoms with E-state index in [-0.39, 0.29) is 18.8 Å². The molecular weight excluding hydrogens is 491 g/mol. The van der Waals surface area contributed by atoms with E-state index in [9.17, 15) is 18.0 Å². The first-order valence-electron chi connectivity index (χ1n) is 8.69. The molecule has 0 bridgehead atoms. The second-order valence-electron chi connectivity index (χ2n) is 6.39. The molecule has 0 aliphatic rings. The Morgan fingerprint density at radius 2 is 2.03 bits per heavy atom. The van der Waals surface area contributed by atoms with E-state index in [1.165, 1.54) is 24.4 Å². The number of benzene rings is 2. The molecule has 0 fully saturated rings. The van der Waals surface area contributed by atoms with Crippen LogP contribution in [0.3, 0.4) is 0 Å². The van der Waals surface area contributed by atoms with Gasteiger partial charge in [-0.25, -0.2) is 0 Å². The van der Waals surface area contributed by atoms with Gasteiger partial charge in [-0.05, 0) is 36.8 Å². The summed E-state index contributed by atoms with van der Waals surface area (Å²) >= 11 is 9.34. The molecule has 0 spiro atoms. The van der Waals surface area contributed by atoms with Crippen LogP contribution >= 0.6 is 27.5 Å². The van der Waals surface area contributed by atoms with Crippen LogP contribution in [-0.2, 0) is 0 Å². The zero-order valence-electron chi connectivity index (χ0n) is 15.5. The SMILES string of the molecule is Cc1cc(OC(F)(F)F)cc2c(C(=O)C(Br)c3ccc(Cl)cc3OCCO)c[nH]c12. The van der Waals surface area contributed by atoms with Crippen molar-refractivity contribution in [2.75, 3.05) is 13.2 Å². The number of Topliss-reactive ketones (excluding diaryl/α,β-unsaturated/α-hetero) is 1. The van der Waals surface area contributed by atoms with Gasteiger partial charge in [-0.2, -0.15) is 0 Å². The van der Waals surface area contributed by atoms with E-state index in [0.29, 0.717) is 32.8 Å². The minimum absolute atomic E-state index is 0.00563. The molecule has 30 heavy (non-hydrogen) atoms. The fourth-order valence-electron chi connectivity index (χ4n) is 3.05. The zero-order chi connectivity index (χ0) is 22.1. The summed E-state index contributed by atoms with van der Waals surface area (Å²) in [4.78, 5) is 15.2. The number of nitrogens with one attached hydrogen (secondary N) is 1. The maximum absolute atomic E-state index is 13.2. The molecule has 160 valence electrons. The van der Waals surface area contributed by atoms with Gasteiger partial charge in [-0.1, -0.05) is 33.6 Å². The molecule has 0 saturated heterocycles. The summed E-state index contributed by atoms with van der Waals surface area (Å²) in [5.74, 6) is -0.504. The zero-order valence-corrected chi connectivity index (χ0v) is 17.9. The van der Waals surface area contributed by atoms with Crippen LogP contribution < -0.4 is 9.47 Å². The Kier molecular flexibility index (Phi) is 6.64. The van der Waals surface area contributed by atoms with Crippen LogP contribution in [0.25, 0.3) is 10.9 Å². The average molecular weight is 507 g/mol. The molecule has 5 nitrogen and oxygen atoms in total. The number of alkyl halides is 4. The number of rotatable bonds is 7. The molecule has 1 aromatic heterocycles. The lowest BCUT2D eigenvalue weighted by molar-refractivity contribution is -0.274. The van der Waals surface area contributed by atoms with Crippen LogP contribution in [0.4, 0.5) is 13.2 Å². The van der Waals surface area contributed by atoms with E-state index in [4.69, 9.17) is 21.4 Å². The third-order valence-electron chi connectivity index (χ3n) is 4.29. The number of aliphatic hydroxyl groups excluding tert-OH is 1. The molecule has 0 aliphatic carbocycles. The lowest BCUT2D eigenvalue weighted by Gasteiger charge is -2.15. The third-order valence-corrected chi connectivity index (χ3v) is 5.43. The normalized spacial score (nSPS) is 12.8. The molecule has 2 aromatic carbocycles. The van der Waals surface area contributed by atoms with Gasteiger partial charge in [0.2, 0.25) is 0 Å². The van der Waals surface area contributed by atoms with Crippen molar-refractivity contribution in [2.24, 2.45) is 0 Å². The van der Waals surface area contributed by atoms with E-state index >= 15 is 0 Å². The van der Waals surface area contributed by atoms with Gasteiger partial charge in [-0.15, -0.1) is 13.2 Å². The van der Waals surface area contributed by atoms with Crippen molar-refractivity contribution in [1.29, 1.82) is 0 Å². The van der Waals surface area contributed by atoms with Crippen molar-refractivity contribution in [3.05, 3.63) is 58.2 Å². The van der Waals surface area contributed by atoms with Crippen molar-refractivity contribution < 1.29 is 32.5 Å². The van der Waals surface area contributed by atoms with Crippen LogP contribution in [0.1, 0.15) is 26.3 Å². The van der Waals surface area contributed by atoms with Crippen molar-refractivity contribution >= 4 is 44.2 Å². The highest BCUT2D eigenvalue weighted by Crippen LogP contribution is 2.38. The number of aromatic amines is 1. The summed E-state index contributed by atoms with van der Waals surface area (Å²) in [5, 5.41) is 9.69. The maximum Gasteiger partial charge on any atom is 0.573 e. The number of hydrogen-bond acceptors (Lipinski definition) is 4. The van der Waals surface area contributed by atoms with E-state index < -0.39 is 22.7 Å². The van der Waals surface area contributed by atoms with Crippen LogP contribution in [0.15, 0.2) is 36.5 Å². The number of aromatic nitrogens is 1. The molecule has 1 heterocycles. The van der Waals surface area contributed by atoms with Crippen molar-refractivity contribution in [2.45, 2.75) is 18.1 Å². The Hall–Kier alpha value is -2.23. The summed E-state index contributed by atoms with van der Waals surface area (Å²) in [6.07, 6.45) is -3.41. The lowest BCUT2D eigenvalue weighted by Crippen LogP contribution is -2.17. The first-order chi connectivity index (χ1) is 14.1. The summed E-state index contributed by atoms with van der Waals surface area (Å²) in [7, 11) is 0. The van der Waals surface area contributed by atoms with Gasteiger partial charge >= 0.3 is 6.36 Å². The molecule has 3 rings (SSSR count). The third kappa shape index (κ3) is 4.91. The molecule has 0 aliphatic heterocycles. The predicted octanol–water partition coefficient (Wildman–Crippen LogP) is 5.72. The van der Waals surface area contributed by atoms with Gasteiger partial charge in [0.1, 0.15) is 22.9 Å².